The Balaban J connectivity index is 1.97. The monoisotopic (exact) mass is 316 g/mol. The fourth-order valence-electron chi connectivity index (χ4n) is 2.41. The Bertz CT molecular complexity index is 333. The Morgan fingerprint density at radius 2 is 1.88 bits per heavy atom. The number of halogens is 2. The first kappa shape index (κ1) is 13.4. The molecule has 1 aromatic carbocycles. The third-order valence-corrected chi connectivity index (χ3v) is 4.39. The van der Waals surface area contributed by atoms with Crippen molar-refractivity contribution in [1.82, 2.24) is 0 Å². The molecule has 94 valence electrons. The lowest BCUT2D eigenvalue weighted by atomic mass is 9.86. The van der Waals surface area contributed by atoms with Gasteiger partial charge in [-0.1, -0.05) is 28.1 Å². The highest BCUT2D eigenvalue weighted by molar-refractivity contribution is 9.10. The molecular formula is C14H18BrClO. The van der Waals surface area contributed by atoms with Gasteiger partial charge >= 0.3 is 0 Å². The standard InChI is InChI=1S/C14H18BrClO/c15-14-3-1-12(2-4-14)13(10-16)9-11-5-7-17-8-6-11/h1-4,11,13H,5-10H2. The van der Waals surface area contributed by atoms with Crippen molar-refractivity contribution in [2.75, 3.05) is 19.1 Å². The number of rotatable bonds is 4. The molecule has 0 bridgehead atoms. The highest BCUT2D eigenvalue weighted by Gasteiger charge is 2.19. The van der Waals surface area contributed by atoms with Gasteiger partial charge in [-0.25, -0.2) is 0 Å². The van der Waals surface area contributed by atoms with E-state index in [0.717, 1.165) is 23.6 Å². The van der Waals surface area contributed by atoms with E-state index in [1.165, 1.54) is 24.8 Å². The fourth-order valence-corrected chi connectivity index (χ4v) is 2.98. The molecule has 1 nitrogen and oxygen atoms in total. The van der Waals surface area contributed by atoms with Crippen molar-refractivity contribution in [3.05, 3.63) is 34.3 Å². The lowest BCUT2D eigenvalue weighted by Gasteiger charge is -2.26. The average Bonchev–Trinajstić information content (AvgIpc) is 2.38. The van der Waals surface area contributed by atoms with E-state index < -0.39 is 0 Å². The SMILES string of the molecule is ClCC(CC1CCOCC1)c1ccc(Br)cc1. The van der Waals surface area contributed by atoms with Crippen LogP contribution in [0.15, 0.2) is 28.7 Å². The van der Waals surface area contributed by atoms with Gasteiger partial charge in [0.05, 0.1) is 0 Å². The van der Waals surface area contributed by atoms with Crippen LogP contribution >= 0.6 is 27.5 Å². The Kier molecular flexibility index (Phi) is 5.33. The molecule has 1 saturated heterocycles. The molecule has 0 spiro atoms. The zero-order valence-corrected chi connectivity index (χ0v) is 12.2. The zero-order chi connectivity index (χ0) is 12.1. The van der Waals surface area contributed by atoms with E-state index in [1.807, 2.05) is 0 Å². The molecule has 0 aromatic heterocycles. The van der Waals surface area contributed by atoms with Crippen LogP contribution in [0.4, 0.5) is 0 Å². The van der Waals surface area contributed by atoms with Gasteiger partial charge in [-0.3, -0.25) is 0 Å². The largest absolute Gasteiger partial charge is 0.381 e. The molecule has 1 aliphatic heterocycles. The minimum absolute atomic E-state index is 0.480. The van der Waals surface area contributed by atoms with Gasteiger partial charge < -0.3 is 4.74 Å². The second kappa shape index (κ2) is 6.77. The topological polar surface area (TPSA) is 9.23 Å². The maximum absolute atomic E-state index is 6.12. The van der Waals surface area contributed by atoms with Gasteiger partial charge in [0.25, 0.3) is 0 Å². The Morgan fingerprint density at radius 1 is 1.24 bits per heavy atom. The van der Waals surface area contributed by atoms with Crippen LogP contribution in [-0.2, 0) is 4.74 Å². The van der Waals surface area contributed by atoms with Crippen LogP contribution < -0.4 is 0 Å². The molecule has 1 atom stereocenters. The lowest BCUT2D eigenvalue weighted by molar-refractivity contribution is 0.0622. The van der Waals surface area contributed by atoms with Gasteiger partial charge in [-0.05, 0) is 48.8 Å². The molecule has 0 radical (unpaired) electrons. The predicted octanol–water partition coefficient (Wildman–Crippen LogP) is 4.59. The molecule has 0 aliphatic carbocycles. The normalized spacial score (nSPS) is 19.2. The smallest absolute Gasteiger partial charge is 0.0468 e. The molecule has 1 aliphatic rings. The zero-order valence-electron chi connectivity index (χ0n) is 9.87. The van der Waals surface area contributed by atoms with Gasteiger partial charge in [-0.15, -0.1) is 11.6 Å². The summed E-state index contributed by atoms with van der Waals surface area (Å²) in [5, 5.41) is 0. The minimum atomic E-state index is 0.480. The molecule has 0 saturated carbocycles. The maximum Gasteiger partial charge on any atom is 0.0468 e. The van der Waals surface area contributed by atoms with Crippen molar-refractivity contribution in [3.8, 4) is 0 Å². The summed E-state index contributed by atoms with van der Waals surface area (Å²) in [6.45, 7) is 1.83. The van der Waals surface area contributed by atoms with E-state index in [2.05, 4.69) is 40.2 Å². The first-order chi connectivity index (χ1) is 8.29. The van der Waals surface area contributed by atoms with Gasteiger partial charge in [0, 0.05) is 23.6 Å². The van der Waals surface area contributed by atoms with Crippen LogP contribution in [0.2, 0.25) is 0 Å². The Hall–Kier alpha value is -0.0500. The van der Waals surface area contributed by atoms with Crippen LogP contribution in [-0.4, -0.2) is 19.1 Å². The molecule has 1 fully saturated rings. The van der Waals surface area contributed by atoms with Crippen molar-refractivity contribution < 1.29 is 4.74 Å². The van der Waals surface area contributed by atoms with Crippen molar-refractivity contribution in [2.24, 2.45) is 5.92 Å². The fraction of sp³-hybridized carbons (Fsp3) is 0.571. The van der Waals surface area contributed by atoms with Crippen LogP contribution in [0.3, 0.4) is 0 Å². The number of alkyl halides is 1. The van der Waals surface area contributed by atoms with Crippen LogP contribution in [0, 0.1) is 5.92 Å². The summed E-state index contributed by atoms with van der Waals surface area (Å²) in [6.07, 6.45) is 3.56. The van der Waals surface area contributed by atoms with E-state index in [4.69, 9.17) is 16.3 Å². The number of hydrogen-bond donors (Lipinski definition) is 0. The lowest BCUT2D eigenvalue weighted by Crippen LogP contribution is -2.18. The highest BCUT2D eigenvalue weighted by atomic mass is 79.9. The van der Waals surface area contributed by atoms with Gasteiger partial charge in [0.15, 0.2) is 0 Å². The van der Waals surface area contributed by atoms with E-state index >= 15 is 0 Å². The number of hydrogen-bond acceptors (Lipinski definition) is 1. The average molecular weight is 318 g/mol. The van der Waals surface area contributed by atoms with Crippen LogP contribution in [0.1, 0.15) is 30.7 Å². The van der Waals surface area contributed by atoms with E-state index in [9.17, 15) is 0 Å². The van der Waals surface area contributed by atoms with Crippen LogP contribution in [0.5, 0.6) is 0 Å². The number of ether oxygens (including phenoxy) is 1. The number of benzene rings is 1. The summed E-state index contributed by atoms with van der Waals surface area (Å²) in [7, 11) is 0. The maximum atomic E-state index is 6.12. The third-order valence-electron chi connectivity index (χ3n) is 3.49. The quantitative estimate of drug-likeness (QED) is 0.738. The summed E-state index contributed by atoms with van der Waals surface area (Å²) in [6, 6.07) is 8.55. The minimum Gasteiger partial charge on any atom is -0.381 e. The van der Waals surface area contributed by atoms with Crippen molar-refractivity contribution in [3.63, 3.8) is 0 Å². The molecule has 3 heteroatoms. The van der Waals surface area contributed by atoms with Crippen molar-refractivity contribution in [2.45, 2.75) is 25.2 Å². The summed E-state index contributed by atoms with van der Waals surface area (Å²) < 4.78 is 6.52. The first-order valence-corrected chi connectivity index (χ1v) is 7.51. The predicted molar refractivity (Wildman–Crippen MR) is 75.8 cm³/mol. The highest BCUT2D eigenvalue weighted by Crippen LogP contribution is 2.30. The summed E-state index contributed by atoms with van der Waals surface area (Å²) in [4.78, 5) is 0. The summed E-state index contributed by atoms with van der Waals surface area (Å²) >= 11 is 9.58. The summed E-state index contributed by atoms with van der Waals surface area (Å²) in [5.41, 5.74) is 1.36. The van der Waals surface area contributed by atoms with Gasteiger partial charge in [-0.2, -0.15) is 0 Å². The Morgan fingerprint density at radius 3 is 2.47 bits per heavy atom. The molecule has 2 rings (SSSR count). The Labute approximate surface area is 117 Å². The van der Waals surface area contributed by atoms with E-state index in [1.54, 1.807) is 0 Å². The molecular weight excluding hydrogens is 300 g/mol. The molecule has 0 amide bonds. The van der Waals surface area contributed by atoms with E-state index in [-0.39, 0.29) is 0 Å². The van der Waals surface area contributed by atoms with Crippen molar-refractivity contribution in [1.29, 1.82) is 0 Å². The second-order valence-electron chi connectivity index (χ2n) is 4.69. The summed E-state index contributed by atoms with van der Waals surface area (Å²) in [5.74, 6) is 1.96. The van der Waals surface area contributed by atoms with Crippen molar-refractivity contribution >= 4 is 27.5 Å². The molecule has 1 unspecified atom stereocenters. The third kappa shape index (κ3) is 3.97. The van der Waals surface area contributed by atoms with Gasteiger partial charge in [0.1, 0.15) is 0 Å². The van der Waals surface area contributed by atoms with Crippen LogP contribution in [0.25, 0.3) is 0 Å². The van der Waals surface area contributed by atoms with E-state index in [0.29, 0.717) is 11.8 Å². The van der Waals surface area contributed by atoms with Gasteiger partial charge in [0.2, 0.25) is 0 Å². The molecule has 17 heavy (non-hydrogen) atoms. The second-order valence-corrected chi connectivity index (χ2v) is 5.92. The molecule has 0 N–H and O–H groups in total. The molecule has 1 heterocycles. The first-order valence-electron chi connectivity index (χ1n) is 6.18. The molecule has 1 aromatic rings.